The zero-order valence-electron chi connectivity index (χ0n) is 12.3. The van der Waals surface area contributed by atoms with Crippen LogP contribution in [0.3, 0.4) is 0 Å². The van der Waals surface area contributed by atoms with Crippen molar-refractivity contribution in [3.63, 3.8) is 0 Å². The fraction of sp³-hybridized carbons (Fsp3) is 0.533. The van der Waals surface area contributed by atoms with Crippen molar-refractivity contribution < 1.29 is 0 Å². The number of nitrogens with one attached hydrogen (secondary N) is 2. The lowest BCUT2D eigenvalue weighted by Gasteiger charge is -2.16. The van der Waals surface area contributed by atoms with Crippen LogP contribution in [-0.4, -0.2) is 31.3 Å². The van der Waals surface area contributed by atoms with Crippen LogP contribution in [0.4, 0.5) is 0 Å². The average molecular weight is 279 g/mol. The number of benzene rings is 1. The van der Waals surface area contributed by atoms with Crippen molar-refractivity contribution in [3.8, 4) is 0 Å². The van der Waals surface area contributed by atoms with E-state index in [0.29, 0.717) is 11.2 Å². The van der Waals surface area contributed by atoms with Gasteiger partial charge in [-0.2, -0.15) is 0 Å². The lowest BCUT2D eigenvalue weighted by atomic mass is 10.2. The van der Waals surface area contributed by atoms with Crippen LogP contribution in [0.2, 0.25) is 0 Å². The summed E-state index contributed by atoms with van der Waals surface area (Å²) >= 11 is 1.88. The zero-order valence-corrected chi connectivity index (χ0v) is 13.1. The van der Waals surface area contributed by atoms with E-state index in [2.05, 4.69) is 60.7 Å². The predicted octanol–water partition coefficient (Wildman–Crippen LogP) is 2.99. The van der Waals surface area contributed by atoms with Gasteiger partial charge in [-0.15, -0.1) is 11.8 Å². The van der Waals surface area contributed by atoms with Gasteiger partial charge < -0.3 is 10.6 Å². The molecule has 0 radical (unpaired) electrons. The molecule has 3 nitrogen and oxygen atoms in total. The summed E-state index contributed by atoms with van der Waals surface area (Å²) in [6, 6.07) is 10.5. The SMILES string of the molecule is CN=C(NCC(C)C)NCC(C)Sc1ccccc1. The smallest absolute Gasteiger partial charge is 0.191 e. The Morgan fingerprint density at radius 3 is 2.32 bits per heavy atom. The number of guanidine groups is 1. The standard InChI is InChI=1S/C15H25N3S/c1-12(2)10-17-15(16-4)18-11-13(3)19-14-8-6-5-7-9-14/h5-9,12-13H,10-11H2,1-4H3,(H2,16,17,18). The fourth-order valence-electron chi connectivity index (χ4n) is 1.53. The number of hydrogen-bond acceptors (Lipinski definition) is 2. The summed E-state index contributed by atoms with van der Waals surface area (Å²) in [5, 5.41) is 7.18. The Labute approximate surface area is 121 Å². The molecule has 4 heteroatoms. The largest absolute Gasteiger partial charge is 0.356 e. The van der Waals surface area contributed by atoms with Gasteiger partial charge in [0.15, 0.2) is 5.96 Å². The van der Waals surface area contributed by atoms with Gasteiger partial charge in [0.05, 0.1) is 0 Å². The maximum absolute atomic E-state index is 4.22. The van der Waals surface area contributed by atoms with Crippen LogP contribution in [0.15, 0.2) is 40.2 Å². The van der Waals surface area contributed by atoms with E-state index >= 15 is 0 Å². The lowest BCUT2D eigenvalue weighted by molar-refractivity contribution is 0.614. The molecule has 0 heterocycles. The maximum Gasteiger partial charge on any atom is 0.191 e. The molecular formula is C15H25N3S. The third-order valence-corrected chi connectivity index (χ3v) is 3.65. The van der Waals surface area contributed by atoms with Crippen LogP contribution in [0.25, 0.3) is 0 Å². The van der Waals surface area contributed by atoms with Gasteiger partial charge in [0.25, 0.3) is 0 Å². The molecule has 0 saturated heterocycles. The van der Waals surface area contributed by atoms with E-state index in [-0.39, 0.29) is 0 Å². The van der Waals surface area contributed by atoms with Crippen LogP contribution >= 0.6 is 11.8 Å². The number of hydrogen-bond donors (Lipinski definition) is 2. The summed E-state index contributed by atoms with van der Waals surface area (Å²) in [7, 11) is 1.81. The molecule has 19 heavy (non-hydrogen) atoms. The zero-order chi connectivity index (χ0) is 14.1. The summed E-state index contributed by atoms with van der Waals surface area (Å²) < 4.78 is 0. The molecule has 1 aromatic carbocycles. The van der Waals surface area contributed by atoms with Gasteiger partial charge in [-0.1, -0.05) is 39.0 Å². The van der Waals surface area contributed by atoms with E-state index in [9.17, 15) is 0 Å². The first-order valence-electron chi connectivity index (χ1n) is 6.78. The molecule has 106 valence electrons. The quantitative estimate of drug-likeness (QED) is 0.477. The van der Waals surface area contributed by atoms with Gasteiger partial charge in [-0.3, -0.25) is 4.99 Å². The Hall–Kier alpha value is -1.16. The Morgan fingerprint density at radius 2 is 1.74 bits per heavy atom. The van der Waals surface area contributed by atoms with E-state index in [0.717, 1.165) is 19.0 Å². The third kappa shape index (κ3) is 7.11. The second kappa shape index (κ2) is 8.86. The molecule has 0 aliphatic carbocycles. The molecule has 0 aliphatic rings. The molecule has 0 bridgehead atoms. The number of thioether (sulfide) groups is 1. The van der Waals surface area contributed by atoms with Crippen LogP contribution < -0.4 is 10.6 Å². The van der Waals surface area contributed by atoms with Gasteiger partial charge in [0.2, 0.25) is 0 Å². The van der Waals surface area contributed by atoms with Gasteiger partial charge in [-0.25, -0.2) is 0 Å². The Morgan fingerprint density at radius 1 is 1.11 bits per heavy atom. The van der Waals surface area contributed by atoms with Crippen molar-refractivity contribution in [2.75, 3.05) is 20.1 Å². The first-order valence-corrected chi connectivity index (χ1v) is 7.66. The van der Waals surface area contributed by atoms with Crippen LogP contribution in [0.1, 0.15) is 20.8 Å². The fourth-order valence-corrected chi connectivity index (χ4v) is 2.48. The van der Waals surface area contributed by atoms with Gasteiger partial charge in [-0.05, 0) is 18.1 Å². The molecule has 0 fully saturated rings. The van der Waals surface area contributed by atoms with E-state index in [1.807, 2.05) is 24.9 Å². The highest BCUT2D eigenvalue weighted by Crippen LogP contribution is 2.21. The number of aliphatic imine (C=N–C) groups is 1. The van der Waals surface area contributed by atoms with E-state index < -0.39 is 0 Å². The van der Waals surface area contributed by atoms with Crippen molar-refractivity contribution in [2.24, 2.45) is 10.9 Å². The van der Waals surface area contributed by atoms with Crippen LogP contribution in [-0.2, 0) is 0 Å². The van der Waals surface area contributed by atoms with Crippen LogP contribution in [0.5, 0.6) is 0 Å². The van der Waals surface area contributed by atoms with Crippen molar-refractivity contribution in [3.05, 3.63) is 30.3 Å². The highest BCUT2D eigenvalue weighted by Gasteiger charge is 2.05. The number of nitrogens with zero attached hydrogens (tertiary/aromatic N) is 1. The molecule has 0 saturated carbocycles. The van der Waals surface area contributed by atoms with Crippen molar-refractivity contribution in [2.45, 2.75) is 30.9 Å². The summed E-state index contributed by atoms with van der Waals surface area (Å²) in [5.74, 6) is 1.50. The first kappa shape index (κ1) is 15.9. The molecule has 1 rings (SSSR count). The molecule has 0 amide bonds. The summed E-state index contributed by atoms with van der Waals surface area (Å²) in [6.07, 6.45) is 0. The van der Waals surface area contributed by atoms with E-state index in [1.165, 1.54) is 4.90 Å². The monoisotopic (exact) mass is 279 g/mol. The maximum atomic E-state index is 4.22. The molecule has 0 aromatic heterocycles. The Kier molecular flexibility index (Phi) is 7.41. The second-order valence-electron chi connectivity index (χ2n) is 4.97. The first-order chi connectivity index (χ1) is 9.11. The summed E-state index contributed by atoms with van der Waals surface area (Å²) in [5.41, 5.74) is 0. The topological polar surface area (TPSA) is 36.4 Å². The summed E-state index contributed by atoms with van der Waals surface area (Å²) in [6.45, 7) is 8.44. The minimum Gasteiger partial charge on any atom is -0.356 e. The van der Waals surface area contributed by atoms with Crippen molar-refractivity contribution in [1.82, 2.24) is 10.6 Å². The van der Waals surface area contributed by atoms with Crippen molar-refractivity contribution >= 4 is 17.7 Å². The minimum absolute atomic E-state index is 0.500. The Bertz CT molecular complexity index is 376. The van der Waals surface area contributed by atoms with Gasteiger partial charge in [0, 0.05) is 30.3 Å². The molecule has 1 unspecified atom stereocenters. The Balaban J connectivity index is 2.30. The van der Waals surface area contributed by atoms with E-state index in [4.69, 9.17) is 0 Å². The second-order valence-corrected chi connectivity index (χ2v) is 6.48. The lowest BCUT2D eigenvalue weighted by Crippen LogP contribution is -2.41. The highest BCUT2D eigenvalue weighted by atomic mass is 32.2. The molecule has 0 spiro atoms. The minimum atomic E-state index is 0.500. The predicted molar refractivity (Wildman–Crippen MR) is 86.0 cm³/mol. The highest BCUT2D eigenvalue weighted by molar-refractivity contribution is 8.00. The normalized spacial score (nSPS) is 13.4. The summed E-state index contributed by atoms with van der Waals surface area (Å²) in [4.78, 5) is 5.53. The molecule has 1 atom stereocenters. The van der Waals surface area contributed by atoms with Gasteiger partial charge in [0.1, 0.15) is 0 Å². The van der Waals surface area contributed by atoms with E-state index in [1.54, 1.807) is 0 Å². The average Bonchev–Trinajstić information content (AvgIpc) is 2.39. The molecule has 2 N–H and O–H groups in total. The number of rotatable bonds is 6. The van der Waals surface area contributed by atoms with Gasteiger partial charge >= 0.3 is 0 Å². The third-order valence-electron chi connectivity index (χ3n) is 2.54. The van der Waals surface area contributed by atoms with Crippen LogP contribution in [0, 0.1) is 5.92 Å². The molecular weight excluding hydrogens is 254 g/mol. The molecule has 0 aliphatic heterocycles. The van der Waals surface area contributed by atoms with Crippen molar-refractivity contribution in [1.29, 1.82) is 0 Å². The molecule has 1 aromatic rings.